The maximum atomic E-state index is 13.1. The molecule has 1 N–H and O–H groups in total. The number of carbonyl (C=O) groups is 1. The van der Waals surface area contributed by atoms with Gasteiger partial charge >= 0.3 is 0 Å². The third-order valence-electron chi connectivity index (χ3n) is 5.45. The molecular weight excluding hydrogens is 366 g/mol. The van der Waals surface area contributed by atoms with Crippen molar-refractivity contribution < 1.29 is 9.53 Å². The molecule has 1 amide bonds. The lowest BCUT2D eigenvalue weighted by molar-refractivity contribution is -0.121. The number of aromatic nitrogens is 2. The summed E-state index contributed by atoms with van der Waals surface area (Å²) in [5, 5.41) is 7.43. The smallest absolute Gasteiger partial charge is 0.266 e. The number of fused-ring (bicyclic) bond motifs is 2. The SMILES string of the molecule is O=C(NCCn1nc(C2CC2)ccc1=O)C1c2ccccc2Oc2ccccc21. The summed E-state index contributed by atoms with van der Waals surface area (Å²) in [4.78, 5) is 25.2. The lowest BCUT2D eigenvalue weighted by Crippen LogP contribution is -2.36. The highest BCUT2D eigenvalue weighted by molar-refractivity contribution is 5.89. The van der Waals surface area contributed by atoms with Crippen molar-refractivity contribution in [1.29, 1.82) is 0 Å². The molecule has 6 heteroatoms. The Balaban J connectivity index is 1.34. The van der Waals surface area contributed by atoms with Gasteiger partial charge in [-0.3, -0.25) is 9.59 Å². The van der Waals surface area contributed by atoms with Crippen molar-refractivity contribution in [3.8, 4) is 11.5 Å². The second kappa shape index (κ2) is 7.20. The van der Waals surface area contributed by atoms with Crippen LogP contribution in [-0.4, -0.2) is 22.2 Å². The summed E-state index contributed by atoms with van der Waals surface area (Å²) in [5.74, 6) is 1.31. The largest absolute Gasteiger partial charge is 0.457 e. The van der Waals surface area contributed by atoms with Gasteiger partial charge in [0, 0.05) is 29.7 Å². The fourth-order valence-corrected chi connectivity index (χ4v) is 3.80. The van der Waals surface area contributed by atoms with Crippen molar-refractivity contribution in [3.63, 3.8) is 0 Å². The maximum Gasteiger partial charge on any atom is 0.266 e. The molecule has 29 heavy (non-hydrogen) atoms. The van der Waals surface area contributed by atoms with E-state index in [0.717, 1.165) is 29.7 Å². The Hall–Kier alpha value is -3.41. The summed E-state index contributed by atoms with van der Waals surface area (Å²) in [6.45, 7) is 0.680. The van der Waals surface area contributed by atoms with Gasteiger partial charge in [-0.05, 0) is 31.0 Å². The Kier molecular flexibility index (Phi) is 4.39. The predicted octanol–water partition coefficient (Wildman–Crippen LogP) is 3.17. The summed E-state index contributed by atoms with van der Waals surface area (Å²) in [6, 6.07) is 18.6. The van der Waals surface area contributed by atoms with E-state index in [9.17, 15) is 9.59 Å². The molecule has 1 fully saturated rings. The molecule has 1 aliphatic carbocycles. The van der Waals surface area contributed by atoms with E-state index in [1.54, 1.807) is 6.07 Å². The summed E-state index contributed by atoms with van der Waals surface area (Å²) >= 11 is 0. The first kappa shape index (κ1) is 17.7. The quantitative estimate of drug-likeness (QED) is 0.730. The monoisotopic (exact) mass is 387 g/mol. The molecule has 0 saturated heterocycles. The number of hydrogen-bond donors (Lipinski definition) is 1. The number of rotatable bonds is 5. The summed E-state index contributed by atoms with van der Waals surface area (Å²) in [6.07, 6.45) is 2.26. The molecule has 0 radical (unpaired) electrons. The van der Waals surface area contributed by atoms with Gasteiger partial charge in [-0.1, -0.05) is 36.4 Å². The Bertz CT molecular complexity index is 1090. The molecule has 2 aromatic carbocycles. The van der Waals surface area contributed by atoms with E-state index in [4.69, 9.17) is 4.74 Å². The highest BCUT2D eigenvalue weighted by atomic mass is 16.5. The van der Waals surface area contributed by atoms with E-state index in [1.165, 1.54) is 4.68 Å². The van der Waals surface area contributed by atoms with Crippen LogP contribution in [0, 0.1) is 0 Å². The summed E-state index contributed by atoms with van der Waals surface area (Å²) < 4.78 is 7.40. The number of hydrogen-bond acceptors (Lipinski definition) is 4. The minimum Gasteiger partial charge on any atom is -0.457 e. The van der Waals surface area contributed by atoms with Gasteiger partial charge in [0.25, 0.3) is 5.56 Å². The highest BCUT2D eigenvalue weighted by Gasteiger charge is 2.32. The topological polar surface area (TPSA) is 73.2 Å². The van der Waals surface area contributed by atoms with Gasteiger partial charge in [-0.15, -0.1) is 0 Å². The van der Waals surface area contributed by atoms with Crippen LogP contribution in [0.3, 0.4) is 0 Å². The molecule has 6 nitrogen and oxygen atoms in total. The zero-order valence-electron chi connectivity index (χ0n) is 15.9. The lowest BCUT2D eigenvalue weighted by atomic mass is 9.87. The van der Waals surface area contributed by atoms with Crippen LogP contribution in [-0.2, 0) is 11.3 Å². The van der Waals surface area contributed by atoms with E-state index in [2.05, 4.69) is 10.4 Å². The number of nitrogens with one attached hydrogen (secondary N) is 1. The fourth-order valence-electron chi connectivity index (χ4n) is 3.80. The first-order chi connectivity index (χ1) is 14.2. The van der Waals surface area contributed by atoms with Gasteiger partial charge in [0.05, 0.1) is 18.2 Å². The normalized spacial score (nSPS) is 15.2. The van der Waals surface area contributed by atoms with Crippen molar-refractivity contribution in [2.45, 2.75) is 31.2 Å². The first-order valence-electron chi connectivity index (χ1n) is 9.92. The lowest BCUT2D eigenvalue weighted by Gasteiger charge is -2.27. The number of carbonyl (C=O) groups excluding carboxylic acids is 1. The van der Waals surface area contributed by atoms with Crippen LogP contribution >= 0.6 is 0 Å². The molecule has 2 heterocycles. The third-order valence-corrected chi connectivity index (χ3v) is 5.45. The summed E-state index contributed by atoms with van der Waals surface area (Å²) in [7, 11) is 0. The van der Waals surface area contributed by atoms with Gasteiger partial charge in [-0.25, -0.2) is 4.68 Å². The van der Waals surface area contributed by atoms with Crippen molar-refractivity contribution in [3.05, 3.63) is 87.8 Å². The molecule has 0 spiro atoms. The predicted molar refractivity (Wildman–Crippen MR) is 108 cm³/mol. The second-order valence-electron chi connectivity index (χ2n) is 7.50. The zero-order chi connectivity index (χ0) is 19.8. The van der Waals surface area contributed by atoms with E-state index >= 15 is 0 Å². The molecule has 1 saturated carbocycles. The number of benzene rings is 2. The minimum atomic E-state index is -0.446. The van der Waals surface area contributed by atoms with E-state index in [-0.39, 0.29) is 11.5 Å². The van der Waals surface area contributed by atoms with Crippen LogP contribution < -0.4 is 15.6 Å². The van der Waals surface area contributed by atoms with Crippen LogP contribution in [0.25, 0.3) is 0 Å². The first-order valence-corrected chi connectivity index (χ1v) is 9.92. The molecule has 0 unspecified atom stereocenters. The molecule has 146 valence electrons. The van der Waals surface area contributed by atoms with Crippen molar-refractivity contribution in [2.75, 3.05) is 6.54 Å². The molecule has 2 aliphatic rings. The number of nitrogens with zero attached hydrogens (tertiary/aromatic N) is 2. The van der Waals surface area contributed by atoms with Crippen molar-refractivity contribution in [1.82, 2.24) is 15.1 Å². The van der Waals surface area contributed by atoms with E-state index in [1.807, 2.05) is 54.6 Å². The molecule has 3 aromatic rings. The van der Waals surface area contributed by atoms with E-state index < -0.39 is 5.92 Å². The maximum absolute atomic E-state index is 13.1. The van der Waals surface area contributed by atoms with Gasteiger partial charge in [-0.2, -0.15) is 5.10 Å². The average Bonchev–Trinajstić information content (AvgIpc) is 3.58. The summed E-state index contributed by atoms with van der Waals surface area (Å²) in [5.41, 5.74) is 2.50. The van der Waals surface area contributed by atoms with Crippen LogP contribution in [0.1, 0.15) is 41.5 Å². The van der Waals surface area contributed by atoms with Gasteiger partial charge in [0.15, 0.2) is 0 Å². The molecule has 0 bridgehead atoms. The number of ether oxygens (including phenoxy) is 1. The molecule has 5 rings (SSSR count). The average molecular weight is 387 g/mol. The van der Waals surface area contributed by atoms with E-state index in [0.29, 0.717) is 30.5 Å². The van der Waals surface area contributed by atoms with Crippen molar-refractivity contribution in [2.24, 2.45) is 0 Å². The van der Waals surface area contributed by atoms with Crippen LogP contribution in [0.15, 0.2) is 65.5 Å². The van der Waals surface area contributed by atoms with Crippen LogP contribution in [0.2, 0.25) is 0 Å². The molecular formula is C23H21N3O3. The Morgan fingerprint density at radius 3 is 2.31 bits per heavy atom. The Morgan fingerprint density at radius 2 is 1.66 bits per heavy atom. The number of para-hydroxylation sites is 2. The zero-order valence-corrected chi connectivity index (χ0v) is 15.9. The highest BCUT2D eigenvalue weighted by Crippen LogP contribution is 2.43. The van der Waals surface area contributed by atoms with Crippen molar-refractivity contribution >= 4 is 5.91 Å². The second-order valence-corrected chi connectivity index (χ2v) is 7.50. The Morgan fingerprint density at radius 1 is 1.00 bits per heavy atom. The van der Waals surface area contributed by atoms with Gasteiger partial charge < -0.3 is 10.1 Å². The number of amides is 1. The third kappa shape index (κ3) is 3.42. The van der Waals surface area contributed by atoms with Gasteiger partial charge in [0.2, 0.25) is 5.91 Å². The fraction of sp³-hybridized carbons (Fsp3) is 0.261. The Labute approximate surface area is 168 Å². The van der Waals surface area contributed by atoms with Gasteiger partial charge in [0.1, 0.15) is 11.5 Å². The molecule has 1 aromatic heterocycles. The molecule has 0 atom stereocenters. The van der Waals surface area contributed by atoms with Crippen LogP contribution in [0.4, 0.5) is 0 Å². The minimum absolute atomic E-state index is 0.111. The van der Waals surface area contributed by atoms with Crippen LogP contribution in [0.5, 0.6) is 11.5 Å². The molecule has 1 aliphatic heterocycles. The standard InChI is InChI=1S/C23H21N3O3/c27-21-12-11-18(15-9-10-15)25-26(21)14-13-24-23(28)22-16-5-1-3-7-19(16)29-20-8-4-2-6-17(20)22/h1-8,11-12,15,22H,9-10,13-14H2,(H,24,28).